The van der Waals surface area contributed by atoms with Crippen molar-refractivity contribution in [2.45, 2.75) is 32.1 Å². The van der Waals surface area contributed by atoms with Gasteiger partial charge in [0.05, 0.1) is 6.61 Å². The lowest BCUT2D eigenvalue weighted by atomic mass is 9.71. The van der Waals surface area contributed by atoms with Crippen LogP contribution in [0.3, 0.4) is 0 Å². The van der Waals surface area contributed by atoms with Crippen molar-refractivity contribution in [3.05, 3.63) is 0 Å². The topological polar surface area (TPSA) is 9.23 Å². The molecular weight excluding hydrogens is 216 g/mol. The van der Waals surface area contributed by atoms with Gasteiger partial charge in [0, 0.05) is 17.4 Å². The van der Waals surface area contributed by atoms with E-state index < -0.39 is 0 Å². The van der Waals surface area contributed by atoms with E-state index in [1.54, 1.807) is 0 Å². The summed E-state index contributed by atoms with van der Waals surface area (Å²) in [6.45, 7) is 2.02. The smallest absolute Gasteiger partial charge is 0.0530 e. The highest BCUT2D eigenvalue weighted by Crippen LogP contribution is 2.43. The monoisotopic (exact) mass is 232 g/mol. The molecule has 2 rings (SSSR count). The minimum absolute atomic E-state index is 0.523. The van der Waals surface area contributed by atoms with Crippen LogP contribution in [0.2, 0.25) is 0 Å². The van der Waals surface area contributed by atoms with Crippen molar-refractivity contribution in [1.29, 1.82) is 0 Å². The van der Waals surface area contributed by atoms with Gasteiger partial charge < -0.3 is 4.74 Å². The maximum atomic E-state index is 5.73. The highest BCUT2D eigenvalue weighted by Gasteiger charge is 2.36. The number of hydrogen-bond acceptors (Lipinski definition) is 1. The SMILES string of the molecule is BrCC1(COCC2CC2)CCC1. The standard InChI is InChI=1S/C10H17BrO/c11-7-10(4-1-5-10)8-12-6-9-2-3-9/h9H,1-8H2. The molecule has 0 aliphatic heterocycles. The van der Waals surface area contributed by atoms with Gasteiger partial charge in [-0.05, 0) is 31.6 Å². The first-order valence-electron chi connectivity index (χ1n) is 4.98. The minimum Gasteiger partial charge on any atom is -0.381 e. The van der Waals surface area contributed by atoms with Crippen LogP contribution in [0.1, 0.15) is 32.1 Å². The molecular formula is C10H17BrO. The van der Waals surface area contributed by atoms with Gasteiger partial charge in [-0.1, -0.05) is 22.4 Å². The third-order valence-electron chi connectivity index (χ3n) is 3.16. The van der Waals surface area contributed by atoms with Crippen LogP contribution in [0.5, 0.6) is 0 Å². The summed E-state index contributed by atoms with van der Waals surface area (Å²) in [6.07, 6.45) is 6.94. The summed E-state index contributed by atoms with van der Waals surface area (Å²) in [4.78, 5) is 0. The summed E-state index contributed by atoms with van der Waals surface area (Å²) in [7, 11) is 0. The molecule has 0 aromatic rings. The molecule has 12 heavy (non-hydrogen) atoms. The summed E-state index contributed by atoms with van der Waals surface area (Å²) >= 11 is 3.59. The summed E-state index contributed by atoms with van der Waals surface area (Å²) < 4.78 is 5.73. The van der Waals surface area contributed by atoms with Gasteiger partial charge in [-0.2, -0.15) is 0 Å². The van der Waals surface area contributed by atoms with E-state index in [2.05, 4.69) is 15.9 Å². The van der Waals surface area contributed by atoms with E-state index in [1.807, 2.05) is 0 Å². The van der Waals surface area contributed by atoms with Crippen LogP contribution in [-0.2, 0) is 4.74 Å². The van der Waals surface area contributed by atoms with E-state index >= 15 is 0 Å². The van der Waals surface area contributed by atoms with Crippen LogP contribution in [-0.4, -0.2) is 18.5 Å². The number of alkyl halides is 1. The molecule has 0 spiro atoms. The molecule has 0 atom stereocenters. The fourth-order valence-corrected chi connectivity index (χ4v) is 2.44. The van der Waals surface area contributed by atoms with E-state index in [1.165, 1.54) is 32.1 Å². The molecule has 0 radical (unpaired) electrons. The predicted octanol–water partition coefficient (Wildman–Crippen LogP) is 2.98. The van der Waals surface area contributed by atoms with E-state index in [9.17, 15) is 0 Å². The normalized spacial score (nSPS) is 26.8. The van der Waals surface area contributed by atoms with Crippen LogP contribution >= 0.6 is 15.9 Å². The van der Waals surface area contributed by atoms with E-state index in [-0.39, 0.29) is 0 Å². The Kier molecular flexibility index (Phi) is 2.75. The molecule has 0 aromatic heterocycles. The number of rotatable bonds is 5. The molecule has 2 saturated carbocycles. The zero-order chi connectivity index (χ0) is 8.44. The lowest BCUT2D eigenvalue weighted by Gasteiger charge is -2.40. The van der Waals surface area contributed by atoms with Gasteiger partial charge in [-0.3, -0.25) is 0 Å². The Balaban J connectivity index is 1.62. The minimum atomic E-state index is 0.523. The van der Waals surface area contributed by atoms with E-state index in [0.29, 0.717) is 5.41 Å². The van der Waals surface area contributed by atoms with Crippen molar-refractivity contribution in [2.24, 2.45) is 11.3 Å². The molecule has 0 saturated heterocycles. The summed E-state index contributed by atoms with van der Waals surface area (Å²) in [5.41, 5.74) is 0.523. The highest BCUT2D eigenvalue weighted by atomic mass is 79.9. The Labute approximate surface area is 83.0 Å². The average Bonchev–Trinajstić information content (AvgIpc) is 2.78. The lowest BCUT2D eigenvalue weighted by Crippen LogP contribution is -2.36. The zero-order valence-corrected chi connectivity index (χ0v) is 9.11. The van der Waals surface area contributed by atoms with Gasteiger partial charge in [0.15, 0.2) is 0 Å². The molecule has 2 fully saturated rings. The second-order valence-electron chi connectivity index (χ2n) is 4.45. The lowest BCUT2D eigenvalue weighted by molar-refractivity contribution is 0.00675. The second kappa shape index (κ2) is 3.67. The van der Waals surface area contributed by atoms with Gasteiger partial charge in [-0.15, -0.1) is 0 Å². The molecule has 0 amide bonds. The Morgan fingerprint density at radius 1 is 1.33 bits per heavy atom. The molecule has 0 bridgehead atoms. The maximum Gasteiger partial charge on any atom is 0.0530 e. The fourth-order valence-electron chi connectivity index (χ4n) is 1.72. The van der Waals surface area contributed by atoms with Crippen LogP contribution in [0.25, 0.3) is 0 Å². The van der Waals surface area contributed by atoms with E-state index in [4.69, 9.17) is 4.74 Å². The second-order valence-corrected chi connectivity index (χ2v) is 5.01. The Morgan fingerprint density at radius 3 is 2.50 bits per heavy atom. The quantitative estimate of drug-likeness (QED) is 0.663. The Morgan fingerprint density at radius 2 is 2.08 bits per heavy atom. The summed E-state index contributed by atoms with van der Waals surface area (Å²) in [5, 5.41) is 1.13. The Bertz CT molecular complexity index is 144. The molecule has 0 aromatic carbocycles. The van der Waals surface area contributed by atoms with Gasteiger partial charge in [0.2, 0.25) is 0 Å². The molecule has 2 aliphatic rings. The van der Waals surface area contributed by atoms with Crippen molar-refractivity contribution in [3.8, 4) is 0 Å². The first-order valence-corrected chi connectivity index (χ1v) is 6.11. The van der Waals surface area contributed by atoms with Crippen molar-refractivity contribution in [1.82, 2.24) is 0 Å². The number of ether oxygens (including phenoxy) is 1. The third-order valence-corrected chi connectivity index (χ3v) is 4.35. The van der Waals surface area contributed by atoms with Crippen LogP contribution in [0.4, 0.5) is 0 Å². The van der Waals surface area contributed by atoms with E-state index in [0.717, 1.165) is 24.5 Å². The fraction of sp³-hybridized carbons (Fsp3) is 1.00. The number of halogens is 1. The largest absolute Gasteiger partial charge is 0.381 e. The van der Waals surface area contributed by atoms with Crippen molar-refractivity contribution >= 4 is 15.9 Å². The Hall–Kier alpha value is 0.440. The first-order chi connectivity index (χ1) is 5.85. The highest BCUT2D eigenvalue weighted by molar-refractivity contribution is 9.09. The van der Waals surface area contributed by atoms with Gasteiger partial charge in [-0.25, -0.2) is 0 Å². The van der Waals surface area contributed by atoms with Crippen LogP contribution in [0.15, 0.2) is 0 Å². The molecule has 0 heterocycles. The van der Waals surface area contributed by atoms with Crippen molar-refractivity contribution < 1.29 is 4.74 Å². The van der Waals surface area contributed by atoms with Gasteiger partial charge in [0.1, 0.15) is 0 Å². The summed E-state index contributed by atoms with van der Waals surface area (Å²) in [5.74, 6) is 0.914. The number of hydrogen-bond donors (Lipinski definition) is 0. The van der Waals surface area contributed by atoms with Gasteiger partial charge in [0.25, 0.3) is 0 Å². The average molecular weight is 233 g/mol. The van der Waals surface area contributed by atoms with Crippen LogP contribution in [0, 0.1) is 11.3 Å². The van der Waals surface area contributed by atoms with Crippen molar-refractivity contribution in [2.75, 3.05) is 18.5 Å². The first kappa shape index (κ1) is 9.01. The van der Waals surface area contributed by atoms with Crippen LogP contribution < -0.4 is 0 Å². The molecule has 0 unspecified atom stereocenters. The predicted molar refractivity (Wildman–Crippen MR) is 53.6 cm³/mol. The summed E-state index contributed by atoms with van der Waals surface area (Å²) in [6, 6.07) is 0. The zero-order valence-electron chi connectivity index (χ0n) is 7.52. The molecule has 1 nitrogen and oxygen atoms in total. The van der Waals surface area contributed by atoms with Crippen molar-refractivity contribution in [3.63, 3.8) is 0 Å². The van der Waals surface area contributed by atoms with Gasteiger partial charge >= 0.3 is 0 Å². The maximum absolute atomic E-state index is 5.73. The molecule has 70 valence electrons. The molecule has 0 N–H and O–H groups in total. The third kappa shape index (κ3) is 2.02. The molecule has 2 heteroatoms. The molecule has 2 aliphatic carbocycles.